The molecule has 0 unspecified atom stereocenters. The fourth-order valence-electron chi connectivity index (χ4n) is 3.77. The summed E-state index contributed by atoms with van der Waals surface area (Å²) < 4.78 is 24.2. The molecule has 1 aliphatic carbocycles. The first-order valence-electron chi connectivity index (χ1n) is 10.5. The quantitative estimate of drug-likeness (QED) is 0.383. The standard InChI is InChI=1S/C24H18FN5O3/c1-12-5-6-14(21-29-24(33-30-21)16-10-17(16)25)9-18(12)28-22(31)19-11-27-23(32-19)15-4-2-3-13-7-8-26-20(13)15/h2-9,11,16-17,26H,10H2,1H3,(H,28,31)/t16-,17-/m0/s1. The van der Waals surface area contributed by atoms with Crippen molar-refractivity contribution in [1.82, 2.24) is 20.1 Å². The first-order valence-corrected chi connectivity index (χ1v) is 10.5. The zero-order valence-electron chi connectivity index (χ0n) is 17.5. The molecular weight excluding hydrogens is 425 g/mol. The molecule has 3 heterocycles. The van der Waals surface area contributed by atoms with E-state index in [-0.39, 0.29) is 11.7 Å². The lowest BCUT2D eigenvalue weighted by atomic mass is 10.1. The minimum atomic E-state index is -0.915. The maximum atomic E-state index is 13.3. The Balaban J connectivity index is 1.24. The van der Waals surface area contributed by atoms with Crippen molar-refractivity contribution in [2.24, 2.45) is 0 Å². The molecule has 164 valence electrons. The van der Waals surface area contributed by atoms with Crippen LogP contribution in [0.15, 0.2) is 63.8 Å². The summed E-state index contributed by atoms with van der Waals surface area (Å²) in [6.07, 6.45) is 2.74. The van der Waals surface area contributed by atoms with Gasteiger partial charge in [0.15, 0.2) is 0 Å². The summed E-state index contributed by atoms with van der Waals surface area (Å²) in [5.74, 6) is 0.343. The number of amides is 1. The van der Waals surface area contributed by atoms with Gasteiger partial charge in [0.05, 0.1) is 23.2 Å². The molecule has 2 atom stereocenters. The highest BCUT2D eigenvalue weighted by molar-refractivity contribution is 6.03. The molecule has 33 heavy (non-hydrogen) atoms. The van der Waals surface area contributed by atoms with Gasteiger partial charge in [0.2, 0.25) is 23.4 Å². The van der Waals surface area contributed by atoms with Crippen LogP contribution in [0.1, 0.15) is 34.3 Å². The van der Waals surface area contributed by atoms with Gasteiger partial charge in [0.1, 0.15) is 6.17 Å². The second kappa shape index (κ2) is 7.40. The summed E-state index contributed by atoms with van der Waals surface area (Å²) in [4.78, 5) is 24.6. The maximum Gasteiger partial charge on any atom is 0.293 e. The number of aromatic nitrogens is 4. The highest BCUT2D eigenvalue weighted by Gasteiger charge is 2.43. The van der Waals surface area contributed by atoms with Gasteiger partial charge in [-0.3, -0.25) is 4.79 Å². The lowest BCUT2D eigenvalue weighted by molar-refractivity contribution is 0.0997. The molecule has 5 aromatic rings. The van der Waals surface area contributed by atoms with Crippen molar-refractivity contribution in [2.45, 2.75) is 25.4 Å². The van der Waals surface area contributed by atoms with Crippen LogP contribution in [0, 0.1) is 6.92 Å². The smallest absolute Gasteiger partial charge is 0.293 e. The third-order valence-electron chi connectivity index (χ3n) is 5.76. The fourth-order valence-corrected chi connectivity index (χ4v) is 3.77. The van der Waals surface area contributed by atoms with Crippen molar-refractivity contribution in [2.75, 3.05) is 5.32 Å². The van der Waals surface area contributed by atoms with Gasteiger partial charge in [-0.1, -0.05) is 29.4 Å². The Morgan fingerprint density at radius 2 is 2.12 bits per heavy atom. The fraction of sp³-hybridized carbons (Fsp3) is 0.167. The van der Waals surface area contributed by atoms with E-state index in [1.807, 2.05) is 49.5 Å². The third kappa shape index (κ3) is 3.47. The number of H-pyrrole nitrogens is 1. The average Bonchev–Trinajstić information content (AvgIpc) is 3.29. The summed E-state index contributed by atoms with van der Waals surface area (Å²) >= 11 is 0. The molecule has 1 amide bonds. The molecule has 1 fully saturated rings. The lowest BCUT2D eigenvalue weighted by Gasteiger charge is -2.08. The van der Waals surface area contributed by atoms with E-state index in [2.05, 4.69) is 25.4 Å². The number of carbonyl (C=O) groups is 1. The molecule has 0 aliphatic heterocycles. The first kappa shape index (κ1) is 19.4. The summed E-state index contributed by atoms with van der Waals surface area (Å²) in [5, 5.41) is 7.83. The largest absolute Gasteiger partial charge is 0.431 e. The molecule has 0 radical (unpaired) electrons. The van der Waals surface area contributed by atoms with E-state index in [9.17, 15) is 9.18 Å². The van der Waals surface area contributed by atoms with Crippen LogP contribution < -0.4 is 5.32 Å². The number of halogens is 1. The Morgan fingerprint density at radius 3 is 2.97 bits per heavy atom. The Morgan fingerprint density at radius 1 is 1.24 bits per heavy atom. The van der Waals surface area contributed by atoms with Gasteiger partial charge < -0.3 is 19.2 Å². The minimum Gasteiger partial charge on any atom is -0.431 e. The number of nitrogens with zero attached hydrogens (tertiary/aromatic N) is 3. The van der Waals surface area contributed by atoms with E-state index in [0.717, 1.165) is 22.0 Å². The zero-order chi connectivity index (χ0) is 22.5. The monoisotopic (exact) mass is 443 g/mol. The summed E-state index contributed by atoms with van der Waals surface area (Å²) in [7, 11) is 0. The number of oxazole rings is 1. The summed E-state index contributed by atoms with van der Waals surface area (Å²) in [5.41, 5.74) is 3.73. The second-order valence-electron chi connectivity index (χ2n) is 8.08. The third-order valence-corrected chi connectivity index (χ3v) is 5.76. The van der Waals surface area contributed by atoms with E-state index in [0.29, 0.717) is 35.3 Å². The maximum absolute atomic E-state index is 13.3. The molecular formula is C24H18FN5O3. The van der Waals surface area contributed by atoms with E-state index in [1.54, 1.807) is 6.07 Å². The number of alkyl halides is 1. The number of anilines is 1. The van der Waals surface area contributed by atoms with Crippen LogP contribution in [0.3, 0.4) is 0 Å². The molecule has 1 saturated carbocycles. The van der Waals surface area contributed by atoms with Crippen LogP contribution in [0.25, 0.3) is 33.7 Å². The van der Waals surface area contributed by atoms with Crippen molar-refractivity contribution in [1.29, 1.82) is 0 Å². The van der Waals surface area contributed by atoms with Crippen molar-refractivity contribution < 1.29 is 18.1 Å². The molecule has 2 aromatic carbocycles. The van der Waals surface area contributed by atoms with Crippen LogP contribution in [0.2, 0.25) is 0 Å². The number of aromatic amines is 1. The number of hydrogen-bond acceptors (Lipinski definition) is 6. The van der Waals surface area contributed by atoms with Gasteiger partial charge in [0, 0.05) is 22.8 Å². The minimum absolute atomic E-state index is 0.0860. The molecule has 9 heteroatoms. The van der Waals surface area contributed by atoms with Gasteiger partial charge in [-0.25, -0.2) is 9.37 Å². The number of benzene rings is 2. The molecule has 8 nitrogen and oxygen atoms in total. The topological polar surface area (TPSA) is 110 Å². The normalized spacial score (nSPS) is 17.4. The highest BCUT2D eigenvalue weighted by Crippen LogP contribution is 2.43. The van der Waals surface area contributed by atoms with E-state index >= 15 is 0 Å². The van der Waals surface area contributed by atoms with Crippen molar-refractivity contribution in [3.05, 3.63) is 72.1 Å². The van der Waals surface area contributed by atoms with Crippen LogP contribution in [0.4, 0.5) is 10.1 Å². The van der Waals surface area contributed by atoms with Crippen molar-refractivity contribution in [3.63, 3.8) is 0 Å². The van der Waals surface area contributed by atoms with Crippen molar-refractivity contribution >= 4 is 22.5 Å². The van der Waals surface area contributed by atoms with E-state index in [4.69, 9.17) is 8.94 Å². The average molecular weight is 443 g/mol. The number of aryl methyl sites for hydroxylation is 1. The molecule has 0 saturated heterocycles. The number of hydrogen-bond donors (Lipinski definition) is 2. The molecule has 0 bridgehead atoms. The second-order valence-corrected chi connectivity index (χ2v) is 8.08. The molecule has 1 aliphatic rings. The van der Waals surface area contributed by atoms with Crippen LogP contribution in [-0.2, 0) is 0 Å². The number of fused-ring (bicyclic) bond motifs is 1. The molecule has 3 aromatic heterocycles. The number of nitrogens with one attached hydrogen (secondary N) is 2. The Kier molecular flexibility index (Phi) is 4.36. The summed E-state index contributed by atoms with van der Waals surface area (Å²) in [6, 6.07) is 13.1. The Bertz CT molecular complexity index is 1500. The van der Waals surface area contributed by atoms with Crippen molar-refractivity contribution in [3.8, 4) is 22.8 Å². The SMILES string of the molecule is Cc1ccc(-c2noc([C@H]3C[C@@H]3F)n2)cc1NC(=O)c1cnc(-c2cccc3cc[nH]c23)o1. The number of para-hydroxylation sites is 1. The Labute approximate surface area is 186 Å². The van der Waals surface area contributed by atoms with E-state index in [1.165, 1.54) is 6.20 Å². The lowest BCUT2D eigenvalue weighted by Crippen LogP contribution is -2.12. The van der Waals surface area contributed by atoms with Gasteiger partial charge >= 0.3 is 0 Å². The number of carbonyl (C=O) groups excluding carboxylic acids is 1. The highest BCUT2D eigenvalue weighted by atomic mass is 19.1. The van der Waals surface area contributed by atoms with Gasteiger partial charge in [0.25, 0.3) is 5.91 Å². The first-order chi connectivity index (χ1) is 16.1. The van der Waals surface area contributed by atoms with Crippen LogP contribution >= 0.6 is 0 Å². The predicted molar refractivity (Wildman–Crippen MR) is 118 cm³/mol. The van der Waals surface area contributed by atoms with Gasteiger partial charge in [-0.2, -0.15) is 4.98 Å². The zero-order valence-corrected chi connectivity index (χ0v) is 17.5. The van der Waals surface area contributed by atoms with Crippen LogP contribution in [0.5, 0.6) is 0 Å². The molecule has 2 N–H and O–H groups in total. The molecule has 0 spiro atoms. The Hall–Kier alpha value is -4.27. The van der Waals surface area contributed by atoms with Gasteiger partial charge in [-0.15, -0.1) is 0 Å². The summed E-state index contributed by atoms with van der Waals surface area (Å²) in [6.45, 7) is 1.87. The number of rotatable bonds is 5. The van der Waals surface area contributed by atoms with E-state index < -0.39 is 12.1 Å². The van der Waals surface area contributed by atoms with Gasteiger partial charge in [-0.05, 0) is 37.1 Å². The predicted octanol–water partition coefficient (Wildman–Crippen LogP) is 5.26. The van der Waals surface area contributed by atoms with Crippen LogP contribution in [-0.4, -0.2) is 32.2 Å². The molecule has 6 rings (SSSR count).